The summed E-state index contributed by atoms with van der Waals surface area (Å²) in [6, 6.07) is -0.280. The fraction of sp³-hybridized carbons (Fsp3) is 0.250. The van der Waals surface area contributed by atoms with Gasteiger partial charge in [-0.05, 0) is 0 Å². The lowest BCUT2D eigenvalue weighted by atomic mass is 10.1. The molecule has 0 amide bonds. The van der Waals surface area contributed by atoms with Crippen molar-refractivity contribution in [2.75, 3.05) is 0 Å². The van der Waals surface area contributed by atoms with Crippen molar-refractivity contribution in [1.29, 1.82) is 0 Å². The number of alkyl halides is 3. The molecule has 0 aliphatic rings. The van der Waals surface area contributed by atoms with Crippen LogP contribution in [0.5, 0.6) is 0 Å². The summed E-state index contributed by atoms with van der Waals surface area (Å²) in [6.45, 7) is 0. The van der Waals surface area contributed by atoms with E-state index in [-0.39, 0.29) is 6.07 Å². The maximum absolute atomic E-state index is 12.7. The topological polar surface area (TPSA) is 19.9 Å². The molecule has 1 unspecified atom stereocenters. The predicted octanol–water partition coefficient (Wildman–Crippen LogP) is 3.28. The SMILES string of the molecule is [O]C(c1c(F)c(F)cc(F)c1F)C(F)(F)F. The van der Waals surface area contributed by atoms with E-state index in [0.717, 1.165) is 0 Å². The van der Waals surface area contributed by atoms with E-state index in [4.69, 9.17) is 0 Å². The van der Waals surface area contributed by atoms with Gasteiger partial charge in [-0.25, -0.2) is 22.7 Å². The van der Waals surface area contributed by atoms with E-state index in [9.17, 15) is 35.8 Å². The van der Waals surface area contributed by atoms with Crippen molar-refractivity contribution in [2.45, 2.75) is 12.3 Å². The summed E-state index contributed by atoms with van der Waals surface area (Å²) in [5.74, 6) is -8.79. The van der Waals surface area contributed by atoms with Gasteiger partial charge in [0.25, 0.3) is 0 Å². The molecule has 0 N–H and O–H groups in total. The first-order valence-electron chi connectivity index (χ1n) is 3.71. The zero-order valence-electron chi connectivity index (χ0n) is 7.21. The van der Waals surface area contributed by atoms with Crippen LogP contribution in [0.25, 0.3) is 0 Å². The van der Waals surface area contributed by atoms with Gasteiger partial charge in [-0.1, -0.05) is 0 Å². The van der Waals surface area contributed by atoms with Crippen molar-refractivity contribution >= 4 is 0 Å². The Hall–Kier alpha value is -1.31. The molecular formula is C8H2F7O. The molecule has 89 valence electrons. The smallest absolute Gasteiger partial charge is 0.218 e. The van der Waals surface area contributed by atoms with Crippen molar-refractivity contribution in [1.82, 2.24) is 0 Å². The van der Waals surface area contributed by atoms with E-state index < -0.39 is 41.1 Å². The van der Waals surface area contributed by atoms with Crippen LogP contribution in [0.3, 0.4) is 0 Å². The van der Waals surface area contributed by atoms with Gasteiger partial charge >= 0.3 is 6.18 Å². The average molecular weight is 247 g/mol. The molecule has 1 radical (unpaired) electrons. The first kappa shape index (κ1) is 12.8. The van der Waals surface area contributed by atoms with Crippen molar-refractivity contribution in [3.63, 3.8) is 0 Å². The summed E-state index contributed by atoms with van der Waals surface area (Å²) >= 11 is 0. The highest BCUT2D eigenvalue weighted by molar-refractivity contribution is 5.25. The Morgan fingerprint density at radius 2 is 1.31 bits per heavy atom. The summed E-state index contributed by atoms with van der Waals surface area (Å²) in [5.41, 5.74) is -2.20. The lowest BCUT2D eigenvalue weighted by Gasteiger charge is -2.14. The Balaban J connectivity index is 3.44. The third kappa shape index (κ3) is 2.11. The second kappa shape index (κ2) is 3.93. The molecule has 0 aliphatic carbocycles. The van der Waals surface area contributed by atoms with Crippen LogP contribution in [0.15, 0.2) is 6.07 Å². The minimum Gasteiger partial charge on any atom is -0.218 e. The standard InChI is InChI=1S/C8H2F7O/c9-2-1-3(10)6(12)4(5(2)11)7(16)8(13,14)15/h1,7H. The molecule has 1 nitrogen and oxygen atoms in total. The first-order valence-corrected chi connectivity index (χ1v) is 3.71. The maximum atomic E-state index is 12.7. The fourth-order valence-corrected chi connectivity index (χ4v) is 0.985. The Labute approximate surface area is 84.1 Å². The second-order valence-electron chi connectivity index (χ2n) is 2.80. The Morgan fingerprint density at radius 1 is 0.938 bits per heavy atom. The molecular weight excluding hydrogens is 245 g/mol. The molecule has 1 atom stereocenters. The molecule has 1 rings (SSSR count). The molecule has 0 saturated carbocycles. The van der Waals surface area contributed by atoms with Crippen LogP contribution in [-0.4, -0.2) is 6.18 Å². The molecule has 0 bridgehead atoms. The number of benzene rings is 1. The molecule has 0 aliphatic heterocycles. The second-order valence-corrected chi connectivity index (χ2v) is 2.80. The van der Waals surface area contributed by atoms with E-state index in [2.05, 4.69) is 0 Å². The molecule has 0 spiro atoms. The molecule has 0 aromatic heterocycles. The number of hydrogen-bond acceptors (Lipinski definition) is 0. The first-order chi connectivity index (χ1) is 7.16. The van der Waals surface area contributed by atoms with Gasteiger partial charge in [0, 0.05) is 6.07 Å². The summed E-state index contributed by atoms with van der Waals surface area (Å²) < 4.78 is 86.0. The third-order valence-corrected chi connectivity index (χ3v) is 1.71. The Morgan fingerprint density at radius 3 is 1.62 bits per heavy atom. The highest BCUT2D eigenvalue weighted by Crippen LogP contribution is 2.36. The zero-order valence-corrected chi connectivity index (χ0v) is 7.21. The van der Waals surface area contributed by atoms with E-state index in [1.807, 2.05) is 0 Å². The summed E-state index contributed by atoms with van der Waals surface area (Å²) in [5, 5.41) is 10.6. The van der Waals surface area contributed by atoms with Gasteiger partial charge in [-0.3, -0.25) is 0 Å². The third-order valence-electron chi connectivity index (χ3n) is 1.71. The number of halogens is 7. The van der Waals surface area contributed by atoms with Gasteiger partial charge in [0.15, 0.2) is 23.3 Å². The molecule has 0 saturated heterocycles. The van der Waals surface area contributed by atoms with Crippen molar-refractivity contribution in [3.05, 3.63) is 34.9 Å². The van der Waals surface area contributed by atoms with E-state index in [1.54, 1.807) is 0 Å². The largest absolute Gasteiger partial charge is 0.422 e. The van der Waals surface area contributed by atoms with Gasteiger partial charge in [-0.15, -0.1) is 0 Å². The van der Waals surface area contributed by atoms with E-state index >= 15 is 0 Å². The van der Waals surface area contributed by atoms with Gasteiger partial charge in [-0.2, -0.15) is 13.2 Å². The van der Waals surface area contributed by atoms with E-state index in [1.165, 1.54) is 0 Å². The van der Waals surface area contributed by atoms with Gasteiger partial charge in [0.2, 0.25) is 6.10 Å². The van der Waals surface area contributed by atoms with Gasteiger partial charge in [0.05, 0.1) is 5.56 Å². The monoisotopic (exact) mass is 247 g/mol. The van der Waals surface area contributed by atoms with Crippen molar-refractivity contribution in [2.24, 2.45) is 0 Å². The minimum absolute atomic E-state index is 0.280. The molecule has 0 fully saturated rings. The van der Waals surface area contributed by atoms with Crippen LogP contribution in [0.4, 0.5) is 30.7 Å². The molecule has 8 heteroatoms. The van der Waals surface area contributed by atoms with Crippen LogP contribution in [-0.2, 0) is 5.11 Å². The lowest BCUT2D eigenvalue weighted by Crippen LogP contribution is -2.22. The van der Waals surface area contributed by atoms with Crippen molar-refractivity contribution in [3.8, 4) is 0 Å². The summed E-state index contributed by atoms with van der Waals surface area (Å²) in [4.78, 5) is 0. The molecule has 0 heterocycles. The highest BCUT2D eigenvalue weighted by atomic mass is 19.4. The highest BCUT2D eigenvalue weighted by Gasteiger charge is 2.45. The normalized spacial score (nSPS) is 14.0. The molecule has 16 heavy (non-hydrogen) atoms. The number of hydrogen-bond donors (Lipinski definition) is 0. The average Bonchev–Trinajstić information content (AvgIpc) is 2.13. The predicted molar refractivity (Wildman–Crippen MR) is 35.8 cm³/mol. The lowest BCUT2D eigenvalue weighted by molar-refractivity contribution is -0.227. The van der Waals surface area contributed by atoms with Crippen LogP contribution < -0.4 is 0 Å². The quantitative estimate of drug-likeness (QED) is 0.536. The Kier molecular flexibility index (Phi) is 3.13. The summed E-state index contributed by atoms with van der Waals surface area (Å²) in [7, 11) is 0. The van der Waals surface area contributed by atoms with Gasteiger partial charge in [0.1, 0.15) is 0 Å². The van der Waals surface area contributed by atoms with Crippen molar-refractivity contribution < 1.29 is 35.8 Å². The fourth-order valence-electron chi connectivity index (χ4n) is 0.985. The van der Waals surface area contributed by atoms with Crippen LogP contribution in [0, 0.1) is 23.3 Å². The minimum atomic E-state index is -5.54. The molecule has 1 aromatic carbocycles. The van der Waals surface area contributed by atoms with Crippen LogP contribution >= 0.6 is 0 Å². The van der Waals surface area contributed by atoms with Crippen LogP contribution in [0.2, 0.25) is 0 Å². The zero-order chi connectivity index (χ0) is 12.7. The van der Waals surface area contributed by atoms with Gasteiger partial charge < -0.3 is 0 Å². The summed E-state index contributed by atoms with van der Waals surface area (Å²) in [6.07, 6.45) is -9.42. The maximum Gasteiger partial charge on any atom is 0.422 e. The number of rotatable bonds is 1. The molecule has 1 aromatic rings. The van der Waals surface area contributed by atoms with Crippen LogP contribution in [0.1, 0.15) is 11.7 Å². The Bertz CT molecular complexity index is 386. The van der Waals surface area contributed by atoms with E-state index in [0.29, 0.717) is 0 Å².